The zero-order valence-electron chi connectivity index (χ0n) is 18.4. The molecule has 0 bridgehead atoms. The number of likely N-dealkylation sites (tertiary alicyclic amines) is 1. The van der Waals surface area contributed by atoms with Gasteiger partial charge in [-0.1, -0.05) is 24.6 Å². The van der Waals surface area contributed by atoms with Gasteiger partial charge in [-0.05, 0) is 62.2 Å². The third kappa shape index (κ3) is 5.84. The molecule has 0 amide bonds. The predicted octanol–water partition coefficient (Wildman–Crippen LogP) is 5.03. The minimum atomic E-state index is -0.172. The lowest BCUT2D eigenvalue weighted by Crippen LogP contribution is -2.34. The van der Waals surface area contributed by atoms with Crippen LogP contribution in [-0.4, -0.2) is 55.7 Å². The van der Waals surface area contributed by atoms with Crippen LogP contribution in [-0.2, 0) is 13.1 Å². The monoisotopic (exact) mass is 478 g/mol. The van der Waals surface area contributed by atoms with Gasteiger partial charge < -0.3 is 14.1 Å². The van der Waals surface area contributed by atoms with Crippen molar-refractivity contribution < 1.29 is 9.52 Å². The van der Waals surface area contributed by atoms with E-state index in [1.165, 1.54) is 10.9 Å². The molecule has 0 spiro atoms. The van der Waals surface area contributed by atoms with Gasteiger partial charge in [-0.25, -0.2) is 0 Å². The van der Waals surface area contributed by atoms with E-state index >= 15 is 0 Å². The second kappa shape index (κ2) is 11.5. The number of aliphatic hydroxyl groups excluding tert-OH is 1. The van der Waals surface area contributed by atoms with Crippen LogP contribution in [0.2, 0.25) is 0 Å². The molecule has 0 radical (unpaired) electrons. The van der Waals surface area contributed by atoms with Gasteiger partial charge >= 0.3 is 0 Å². The van der Waals surface area contributed by atoms with Crippen LogP contribution in [0.25, 0.3) is 10.9 Å². The number of unbranched alkanes of at least 4 members (excludes halogenated alkanes) is 1. The average Bonchev–Trinajstić information content (AvgIpc) is 3.44. The van der Waals surface area contributed by atoms with Crippen molar-refractivity contribution in [1.82, 2.24) is 19.7 Å². The number of hydrogen-bond donors (Lipinski definition) is 1. The van der Waals surface area contributed by atoms with Gasteiger partial charge in [-0.15, -0.1) is 33.4 Å². The standard InChI is InChI=1S/C24H32Cl2N4O2/c25-11-4-3-6-20(21(26)15-30-14-10-19-5-1-2-7-22(19)30)24-28-27-23(32-24)16-29-12-8-18(17-31)9-13-29/h1-2,5,7,10,14,18,20-21,31H,3-4,6,8-9,11-13,15-17H2. The van der Waals surface area contributed by atoms with Crippen LogP contribution >= 0.6 is 23.2 Å². The van der Waals surface area contributed by atoms with Gasteiger partial charge in [-0.3, -0.25) is 4.90 Å². The summed E-state index contributed by atoms with van der Waals surface area (Å²) in [7, 11) is 0. The van der Waals surface area contributed by atoms with E-state index in [-0.39, 0.29) is 17.9 Å². The molecule has 0 saturated carbocycles. The number of piperidine rings is 1. The van der Waals surface area contributed by atoms with Crippen molar-refractivity contribution in [3.8, 4) is 0 Å². The van der Waals surface area contributed by atoms with E-state index in [1.807, 2.05) is 12.1 Å². The van der Waals surface area contributed by atoms with E-state index in [0.717, 1.165) is 45.2 Å². The fourth-order valence-corrected chi connectivity index (χ4v) is 5.10. The summed E-state index contributed by atoms with van der Waals surface area (Å²) in [6.45, 7) is 3.49. The summed E-state index contributed by atoms with van der Waals surface area (Å²) in [5, 5.41) is 19.1. The molecular weight excluding hydrogens is 447 g/mol. The summed E-state index contributed by atoms with van der Waals surface area (Å²) in [6, 6.07) is 10.4. The number of fused-ring (bicyclic) bond motifs is 1. The van der Waals surface area contributed by atoms with Crippen LogP contribution in [0.5, 0.6) is 0 Å². The summed E-state index contributed by atoms with van der Waals surface area (Å²) in [4.78, 5) is 2.32. The molecule has 4 rings (SSSR count). The minimum absolute atomic E-state index is 0.0255. The lowest BCUT2D eigenvalue weighted by Gasteiger charge is -2.29. The second-order valence-electron chi connectivity index (χ2n) is 8.77. The molecule has 1 aliphatic rings. The highest BCUT2D eigenvalue weighted by Gasteiger charge is 2.28. The van der Waals surface area contributed by atoms with Gasteiger partial charge in [0.05, 0.1) is 17.8 Å². The van der Waals surface area contributed by atoms with Crippen LogP contribution < -0.4 is 0 Å². The van der Waals surface area contributed by atoms with Crippen LogP contribution in [0.1, 0.15) is 49.8 Å². The van der Waals surface area contributed by atoms with E-state index in [9.17, 15) is 5.11 Å². The maximum absolute atomic E-state index is 9.34. The van der Waals surface area contributed by atoms with Crippen LogP contribution in [0.15, 0.2) is 40.9 Å². The Labute approximate surface area is 199 Å². The van der Waals surface area contributed by atoms with E-state index in [0.29, 0.717) is 36.7 Å². The maximum Gasteiger partial charge on any atom is 0.230 e. The first-order valence-corrected chi connectivity index (χ1v) is 12.5. The maximum atomic E-state index is 9.34. The molecule has 174 valence electrons. The third-order valence-electron chi connectivity index (χ3n) is 6.51. The largest absolute Gasteiger partial charge is 0.424 e. The summed E-state index contributed by atoms with van der Waals surface area (Å²) >= 11 is 12.9. The van der Waals surface area contributed by atoms with Crippen LogP contribution in [0.3, 0.4) is 0 Å². The molecule has 2 atom stereocenters. The molecule has 1 aliphatic heterocycles. The van der Waals surface area contributed by atoms with Crippen molar-refractivity contribution in [2.45, 2.75) is 56.5 Å². The van der Waals surface area contributed by atoms with Gasteiger partial charge in [0, 0.05) is 30.7 Å². The van der Waals surface area contributed by atoms with E-state index in [1.54, 1.807) is 0 Å². The van der Waals surface area contributed by atoms with Crippen molar-refractivity contribution >= 4 is 34.1 Å². The van der Waals surface area contributed by atoms with Crippen molar-refractivity contribution in [3.63, 3.8) is 0 Å². The topological polar surface area (TPSA) is 67.3 Å². The van der Waals surface area contributed by atoms with E-state index in [2.05, 4.69) is 44.1 Å². The zero-order chi connectivity index (χ0) is 22.3. The number of rotatable bonds is 11. The third-order valence-corrected chi connectivity index (χ3v) is 7.22. The number of aliphatic hydroxyl groups is 1. The van der Waals surface area contributed by atoms with Crippen molar-refractivity contribution in [2.75, 3.05) is 25.6 Å². The van der Waals surface area contributed by atoms with Crippen molar-refractivity contribution in [2.24, 2.45) is 5.92 Å². The highest BCUT2D eigenvalue weighted by molar-refractivity contribution is 6.21. The molecule has 0 aliphatic carbocycles. The molecular formula is C24H32Cl2N4O2. The Hall–Kier alpha value is -1.60. The molecule has 3 aromatic rings. The van der Waals surface area contributed by atoms with Gasteiger partial charge in [-0.2, -0.15) is 0 Å². The number of aromatic nitrogens is 3. The lowest BCUT2D eigenvalue weighted by molar-refractivity contribution is 0.120. The number of para-hydroxylation sites is 1. The molecule has 1 saturated heterocycles. The molecule has 32 heavy (non-hydrogen) atoms. The van der Waals surface area contributed by atoms with E-state index < -0.39 is 0 Å². The Balaban J connectivity index is 1.44. The number of halogens is 2. The van der Waals surface area contributed by atoms with Crippen LogP contribution in [0.4, 0.5) is 0 Å². The molecule has 8 heteroatoms. The molecule has 1 N–H and O–H groups in total. The summed E-state index contributed by atoms with van der Waals surface area (Å²) in [6.07, 6.45) is 6.88. The Bertz CT molecular complexity index is 968. The molecule has 1 fully saturated rings. The highest BCUT2D eigenvalue weighted by Crippen LogP contribution is 2.31. The smallest absolute Gasteiger partial charge is 0.230 e. The Morgan fingerprint density at radius 2 is 1.94 bits per heavy atom. The van der Waals surface area contributed by atoms with Gasteiger partial charge in [0.15, 0.2) is 0 Å². The molecule has 2 unspecified atom stereocenters. The number of benzene rings is 1. The number of alkyl halides is 2. The summed E-state index contributed by atoms with van der Waals surface area (Å²) in [5.74, 6) is 2.29. The van der Waals surface area contributed by atoms with Crippen molar-refractivity contribution in [1.29, 1.82) is 0 Å². The zero-order valence-corrected chi connectivity index (χ0v) is 19.9. The molecule has 2 aromatic heterocycles. The lowest BCUT2D eigenvalue weighted by atomic mass is 9.97. The SMILES string of the molecule is OCC1CCN(Cc2nnc(C(CCCCCl)C(Cl)Cn3ccc4ccccc43)o2)CC1. The number of nitrogens with zero attached hydrogens (tertiary/aromatic N) is 4. The normalized spacial score (nSPS) is 17.7. The highest BCUT2D eigenvalue weighted by atomic mass is 35.5. The van der Waals surface area contributed by atoms with Crippen molar-refractivity contribution in [3.05, 3.63) is 48.3 Å². The minimum Gasteiger partial charge on any atom is -0.424 e. The summed E-state index contributed by atoms with van der Waals surface area (Å²) < 4.78 is 8.32. The quantitative estimate of drug-likeness (QED) is 0.309. The van der Waals surface area contributed by atoms with Gasteiger partial charge in [0.25, 0.3) is 0 Å². The first-order valence-electron chi connectivity index (χ1n) is 11.6. The second-order valence-corrected chi connectivity index (χ2v) is 9.71. The predicted molar refractivity (Wildman–Crippen MR) is 128 cm³/mol. The van der Waals surface area contributed by atoms with E-state index in [4.69, 9.17) is 27.6 Å². The Morgan fingerprint density at radius 1 is 1.12 bits per heavy atom. The Kier molecular flexibility index (Phi) is 8.47. The van der Waals surface area contributed by atoms with Gasteiger partial charge in [0.2, 0.25) is 11.8 Å². The molecule has 3 heterocycles. The van der Waals surface area contributed by atoms with Gasteiger partial charge in [0.1, 0.15) is 0 Å². The molecule has 1 aromatic carbocycles. The molecule has 6 nitrogen and oxygen atoms in total. The summed E-state index contributed by atoms with van der Waals surface area (Å²) in [5.41, 5.74) is 1.18. The fraction of sp³-hybridized carbons (Fsp3) is 0.583. The fourth-order valence-electron chi connectivity index (χ4n) is 4.53. The first-order chi connectivity index (χ1) is 15.7. The first kappa shape index (κ1) is 23.6. The Morgan fingerprint density at radius 3 is 2.72 bits per heavy atom. The average molecular weight is 479 g/mol. The van der Waals surface area contributed by atoms with Crippen LogP contribution in [0, 0.1) is 5.92 Å². The number of hydrogen-bond acceptors (Lipinski definition) is 5.